The van der Waals surface area contributed by atoms with Crippen molar-refractivity contribution in [3.05, 3.63) is 47.0 Å². The predicted octanol–water partition coefficient (Wildman–Crippen LogP) is 1.70. The van der Waals surface area contributed by atoms with Gasteiger partial charge in [0.1, 0.15) is 24.0 Å². The maximum atomic E-state index is 13.8. The van der Waals surface area contributed by atoms with Gasteiger partial charge in [-0.25, -0.2) is 9.55 Å². The average Bonchev–Trinajstić information content (AvgIpc) is 3.42. The number of nitrogens with one attached hydrogen (secondary N) is 2. The summed E-state index contributed by atoms with van der Waals surface area (Å²) in [6, 6.07) is 7.02. The number of hydrogen-bond donors (Lipinski definition) is 4. The lowest BCUT2D eigenvalue weighted by Crippen LogP contribution is -2.42. The van der Waals surface area contributed by atoms with Crippen LogP contribution < -0.4 is 20.9 Å². The number of anilines is 1. The molecule has 4 rings (SSSR count). The highest BCUT2D eigenvalue weighted by Crippen LogP contribution is 2.48. The molecular formula is C24H28ClN6O8P. The quantitative estimate of drug-likeness (QED) is 0.115. The number of aliphatic hydroxyl groups is 1. The van der Waals surface area contributed by atoms with Crippen LogP contribution in [0.1, 0.15) is 27.0 Å². The number of aromatic amines is 1. The summed E-state index contributed by atoms with van der Waals surface area (Å²) in [5.74, 6) is 1.63. The first-order valence-corrected chi connectivity index (χ1v) is 14.0. The Balaban J connectivity index is 1.59. The molecule has 0 amide bonds. The number of fused-ring (bicyclic) bond motifs is 1. The van der Waals surface area contributed by atoms with Crippen molar-refractivity contribution in [3.63, 3.8) is 0 Å². The fourth-order valence-electron chi connectivity index (χ4n) is 3.93. The van der Waals surface area contributed by atoms with Crippen LogP contribution in [0.4, 0.5) is 5.95 Å². The number of aromatic nitrogens is 4. The number of benzene rings is 1. The maximum Gasteiger partial charge on any atom is 0.459 e. The van der Waals surface area contributed by atoms with Crippen molar-refractivity contribution < 1.29 is 33.0 Å². The highest BCUT2D eigenvalue weighted by molar-refractivity contribution is 7.52. The third-order valence-electron chi connectivity index (χ3n) is 5.80. The van der Waals surface area contributed by atoms with Crippen LogP contribution >= 0.6 is 19.3 Å². The number of hydrogen-bond acceptors (Lipinski definition) is 11. The van der Waals surface area contributed by atoms with Crippen LogP contribution in [0.2, 0.25) is 0 Å². The number of para-hydroxylation sites is 1. The SMILES string of the molecule is C#CC1(Cl)C(n2cnc3c(=O)[nH]c(N)nc32)O[C@H](COP(=O)(N[C@@H](C)C(=O)OC(C)C)Oc2ccccc2)[C@@H]1O. The minimum Gasteiger partial charge on any atom is -0.462 e. The van der Waals surface area contributed by atoms with E-state index in [0.29, 0.717) is 0 Å². The number of H-pyrrole nitrogens is 1. The Morgan fingerprint density at radius 3 is 2.75 bits per heavy atom. The van der Waals surface area contributed by atoms with Crippen molar-refractivity contribution >= 4 is 42.4 Å². The molecule has 1 aliphatic heterocycles. The van der Waals surface area contributed by atoms with E-state index in [-0.39, 0.29) is 22.9 Å². The zero-order chi connectivity index (χ0) is 29.2. The molecule has 0 bridgehead atoms. The summed E-state index contributed by atoms with van der Waals surface area (Å²) in [5.41, 5.74) is 5.03. The van der Waals surface area contributed by atoms with E-state index in [1.807, 2.05) is 0 Å². The van der Waals surface area contributed by atoms with Crippen LogP contribution in [0.5, 0.6) is 5.75 Å². The lowest BCUT2D eigenvalue weighted by atomic mass is 9.99. The molecule has 40 heavy (non-hydrogen) atoms. The molecule has 3 heterocycles. The summed E-state index contributed by atoms with van der Waals surface area (Å²) in [7, 11) is -4.29. The van der Waals surface area contributed by atoms with E-state index in [4.69, 9.17) is 42.3 Å². The average molecular weight is 595 g/mol. The molecule has 3 aromatic rings. The molecule has 1 saturated heterocycles. The molecule has 0 spiro atoms. The number of carbonyl (C=O) groups excluding carboxylic acids is 1. The lowest BCUT2D eigenvalue weighted by Gasteiger charge is -2.26. The largest absolute Gasteiger partial charge is 0.462 e. The zero-order valence-corrected chi connectivity index (χ0v) is 23.3. The maximum absolute atomic E-state index is 13.8. The van der Waals surface area contributed by atoms with Crippen LogP contribution in [0, 0.1) is 12.3 Å². The second-order valence-electron chi connectivity index (χ2n) is 9.19. The second-order valence-corrected chi connectivity index (χ2v) is 11.5. The number of terminal acetylenes is 1. The standard InChI is InChI=1S/C24H28ClN6O8P/c1-5-24(25)18(32)16(38-22(24)31-12-27-17-19(31)28-23(26)29-20(17)33)11-36-40(35,39-15-9-7-6-8-10-15)30-14(4)21(34)37-13(2)3/h1,6-10,12-14,16,18,22,32H,11H2,2-4H3,(H,30,35)(H3,26,28,29,33)/t14-,16+,18-,22?,24?,40?/m0/s1. The number of nitrogen functional groups attached to an aromatic ring is 1. The fraction of sp³-hybridized carbons (Fsp3) is 0.417. The van der Waals surface area contributed by atoms with E-state index in [2.05, 4.69) is 26.0 Å². The van der Waals surface area contributed by atoms with Gasteiger partial charge in [-0.1, -0.05) is 35.7 Å². The second kappa shape index (κ2) is 11.6. The minimum absolute atomic E-state index is 0.0116. The van der Waals surface area contributed by atoms with Crippen molar-refractivity contribution in [1.29, 1.82) is 0 Å². The Hall–Kier alpha value is -3.44. The normalized spacial score (nSPS) is 24.9. The summed E-state index contributed by atoms with van der Waals surface area (Å²) in [5, 5.41) is 13.6. The summed E-state index contributed by atoms with van der Waals surface area (Å²) in [6.45, 7) is 4.23. The number of aliphatic hydroxyl groups excluding tert-OH is 1. The zero-order valence-electron chi connectivity index (χ0n) is 21.7. The summed E-state index contributed by atoms with van der Waals surface area (Å²) in [6.07, 6.45) is 2.40. The van der Waals surface area contributed by atoms with Crippen molar-refractivity contribution in [3.8, 4) is 18.1 Å². The monoisotopic (exact) mass is 594 g/mol. The molecule has 0 aliphatic carbocycles. The number of imidazole rings is 1. The Morgan fingerprint density at radius 1 is 1.40 bits per heavy atom. The van der Waals surface area contributed by atoms with E-state index < -0.39 is 61.3 Å². The fourth-order valence-corrected chi connectivity index (χ4v) is 5.73. The number of esters is 1. The van der Waals surface area contributed by atoms with Crippen molar-refractivity contribution in [2.45, 2.75) is 56.2 Å². The molecule has 14 nitrogen and oxygen atoms in total. The van der Waals surface area contributed by atoms with Gasteiger partial charge in [0.15, 0.2) is 22.3 Å². The van der Waals surface area contributed by atoms with Gasteiger partial charge < -0.3 is 24.8 Å². The van der Waals surface area contributed by atoms with E-state index in [1.165, 1.54) is 17.8 Å². The van der Waals surface area contributed by atoms with Gasteiger partial charge >= 0.3 is 13.7 Å². The molecule has 6 atom stereocenters. The van der Waals surface area contributed by atoms with Gasteiger partial charge in [0.25, 0.3) is 5.56 Å². The summed E-state index contributed by atoms with van der Waals surface area (Å²) in [4.78, 5) is 33.1. The molecule has 3 unspecified atom stereocenters. The van der Waals surface area contributed by atoms with Crippen LogP contribution in [-0.4, -0.2) is 66.4 Å². The van der Waals surface area contributed by atoms with Crippen LogP contribution in [0.25, 0.3) is 11.2 Å². The molecule has 2 aromatic heterocycles. The molecule has 1 aromatic carbocycles. The first kappa shape index (κ1) is 29.5. The number of halogens is 1. The highest BCUT2D eigenvalue weighted by atomic mass is 35.5. The Bertz CT molecular complexity index is 1530. The number of nitrogens with two attached hydrogens (primary N) is 1. The van der Waals surface area contributed by atoms with Crippen molar-refractivity contribution in [2.75, 3.05) is 12.3 Å². The third-order valence-corrected chi connectivity index (χ3v) is 7.97. The number of nitrogens with zero attached hydrogens (tertiary/aromatic N) is 3. The Labute approximate surface area is 233 Å². The molecule has 5 N–H and O–H groups in total. The number of rotatable bonds is 10. The minimum atomic E-state index is -4.29. The van der Waals surface area contributed by atoms with Gasteiger partial charge in [-0.3, -0.25) is 23.7 Å². The van der Waals surface area contributed by atoms with Gasteiger partial charge in [0.05, 0.1) is 19.0 Å². The van der Waals surface area contributed by atoms with E-state index in [9.17, 15) is 19.3 Å². The highest BCUT2D eigenvalue weighted by Gasteiger charge is 2.56. The predicted molar refractivity (Wildman–Crippen MR) is 144 cm³/mol. The molecule has 1 aliphatic rings. The number of alkyl halides is 1. The third kappa shape index (κ3) is 6.00. The smallest absolute Gasteiger partial charge is 0.459 e. The number of ether oxygens (including phenoxy) is 2. The molecule has 16 heteroatoms. The van der Waals surface area contributed by atoms with Crippen molar-refractivity contribution in [1.82, 2.24) is 24.6 Å². The molecular weight excluding hydrogens is 567 g/mol. The van der Waals surface area contributed by atoms with E-state index >= 15 is 0 Å². The van der Waals surface area contributed by atoms with Gasteiger partial charge in [-0.05, 0) is 32.9 Å². The Morgan fingerprint density at radius 2 is 2.10 bits per heavy atom. The van der Waals surface area contributed by atoms with E-state index in [0.717, 1.165) is 0 Å². The molecule has 1 fully saturated rings. The lowest BCUT2D eigenvalue weighted by molar-refractivity contribution is -0.149. The van der Waals surface area contributed by atoms with Gasteiger partial charge in [0, 0.05) is 0 Å². The van der Waals surface area contributed by atoms with Gasteiger partial charge in [0.2, 0.25) is 5.95 Å². The first-order chi connectivity index (χ1) is 18.9. The molecule has 0 radical (unpaired) electrons. The van der Waals surface area contributed by atoms with Crippen molar-refractivity contribution in [2.24, 2.45) is 0 Å². The van der Waals surface area contributed by atoms with Gasteiger partial charge in [-0.2, -0.15) is 10.1 Å². The topological polar surface area (TPSA) is 193 Å². The number of carbonyl (C=O) groups is 1. The Kier molecular flexibility index (Phi) is 8.55. The molecule has 0 saturated carbocycles. The van der Waals surface area contributed by atoms with E-state index in [1.54, 1.807) is 44.2 Å². The van der Waals surface area contributed by atoms with Gasteiger partial charge in [-0.15, -0.1) is 6.42 Å². The molecule has 214 valence electrons. The summed E-state index contributed by atoms with van der Waals surface area (Å²) < 4.78 is 37.4. The first-order valence-electron chi connectivity index (χ1n) is 12.1. The van der Waals surface area contributed by atoms with Crippen LogP contribution in [0.15, 0.2) is 41.5 Å². The van der Waals surface area contributed by atoms with Crippen LogP contribution in [0.3, 0.4) is 0 Å². The van der Waals surface area contributed by atoms with Crippen LogP contribution in [-0.2, 0) is 23.4 Å². The summed E-state index contributed by atoms with van der Waals surface area (Å²) >= 11 is 6.65.